The van der Waals surface area contributed by atoms with Gasteiger partial charge in [-0.15, -0.1) is 0 Å². The van der Waals surface area contributed by atoms with Crippen molar-refractivity contribution in [1.82, 2.24) is 0 Å². The highest BCUT2D eigenvalue weighted by Gasteiger charge is 2.36. The Hall–Kier alpha value is -4.28. The molecule has 0 aliphatic rings. The minimum absolute atomic E-state index is 0.0429. The molecule has 198 valence electrons. The lowest BCUT2D eigenvalue weighted by Crippen LogP contribution is -2.21. The highest BCUT2D eigenvalue weighted by Crippen LogP contribution is 2.46. The number of phenols is 2. The Labute approximate surface area is 213 Å². The van der Waals surface area contributed by atoms with Gasteiger partial charge < -0.3 is 19.7 Å². The molecule has 0 spiro atoms. The van der Waals surface area contributed by atoms with E-state index in [1.807, 2.05) is 0 Å². The Morgan fingerprint density at radius 3 is 1.97 bits per heavy atom. The third-order valence-corrected chi connectivity index (χ3v) is 5.34. The number of esters is 2. The zero-order valence-corrected chi connectivity index (χ0v) is 20.9. The molecule has 2 aromatic rings. The Kier molecular flexibility index (Phi) is 10.3. The fourth-order valence-electron chi connectivity index (χ4n) is 3.64. The first kappa shape index (κ1) is 29.0. The zero-order valence-electron chi connectivity index (χ0n) is 20.9. The smallest absolute Gasteiger partial charge is 0.340 e. The summed E-state index contributed by atoms with van der Waals surface area (Å²) < 4.78 is 10.4. The van der Waals surface area contributed by atoms with E-state index in [-0.39, 0.29) is 30.5 Å². The van der Waals surface area contributed by atoms with E-state index in [4.69, 9.17) is 9.47 Å². The number of nitrogens with zero attached hydrogens (tertiary/aromatic N) is 1. The number of para-hydroxylation sites is 1. The summed E-state index contributed by atoms with van der Waals surface area (Å²) >= 11 is 0. The van der Waals surface area contributed by atoms with E-state index in [0.29, 0.717) is 19.3 Å². The monoisotopic (exact) mass is 515 g/mol. The molecule has 37 heavy (non-hydrogen) atoms. The van der Waals surface area contributed by atoms with Crippen LogP contribution >= 0.6 is 0 Å². The second-order valence-electron chi connectivity index (χ2n) is 8.18. The third-order valence-electron chi connectivity index (χ3n) is 5.34. The van der Waals surface area contributed by atoms with Crippen LogP contribution in [0.15, 0.2) is 24.3 Å². The zero-order chi connectivity index (χ0) is 27.7. The number of hydrogen-bond donors (Lipinski definition) is 2. The average molecular weight is 516 g/mol. The third kappa shape index (κ3) is 6.69. The molecule has 0 radical (unpaired) electrons. The van der Waals surface area contributed by atoms with Crippen LogP contribution in [0.1, 0.15) is 95.9 Å². The summed E-state index contributed by atoms with van der Waals surface area (Å²) in [7, 11) is 0. The molecule has 0 saturated carbocycles. The first-order valence-electron chi connectivity index (χ1n) is 11.9. The average Bonchev–Trinajstić information content (AvgIpc) is 2.85. The molecule has 2 rings (SSSR count). The van der Waals surface area contributed by atoms with Crippen LogP contribution in [0.4, 0.5) is 5.69 Å². The van der Waals surface area contributed by atoms with Crippen LogP contribution in [0, 0.1) is 10.1 Å². The Balaban J connectivity index is 2.76. The number of rotatable bonds is 13. The van der Waals surface area contributed by atoms with Crippen molar-refractivity contribution in [2.45, 2.75) is 65.9 Å². The van der Waals surface area contributed by atoms with Gasteiger partial charge in [0.25, 0.3) is 5.69 Å². The summed E-state index contributed by atoms with van der Waals surface area (Å²) in [4.78, 5) is 62.4. The van der Waals surface area contributed by atoms with Gasteiger partial charge in [-0.1, -0.05) is 32.9 Å². The van der Waals surface area contributed by atoms with Crippen molar-refractivity contribution >= 4 is 29.2 Å². The SMILES string of the molecule is CCCC(=O)Oc1c(O)c(O)c(C(=O)CCC)c(C(=O)OCc2ccccc2[N+](=O)[O-])c1C(=O)CCC. The summed E-state index contributed by atoms with van der Waals surface area (Å²) in [6, 6.07) is 5.51. The van der Waals surface area contributed by atoms with E-state index in [1.165, 1.54) is 24.3 Å². The number of carbonyl (C=O) groups excluding carboxylic acids is 4. The van der Waals surface area contributed by atoms with Crippen molar-refractivity contribution in [2.24, 2.45) is 0 Å². The lowest BCUT2D eigenvalue weighted by atomic mass is 9.90. The predicted octanol–water partition coefficient (Wildman–Crippen LogP) is 5.03. The van der Waals surface area contributed by atoms with Crippen molar-refractivity contribution in [1.29, 1.82) is 0 Å². The molecule has 0 aliphatic carbocycles. The van der Waals surface area contributed by atoms with Gasteiger partial charge in [-0.05, 0) is 25.3 Å². The van der Waals surface area contributed by atoms with Gasteiger partial charge in [0.2, 0.25) is 5.75 Å². The number of ether oxygens (including phenoxy) is 2. The first-order valence-corrected chi connectivity index (χ1v) is 11.9. The van der Waals surface area contributed by atoms with Gasteiger partial charge in [-0.2, -0.15) is 0 Å². The summed E-state index contributed by atoms with van der Waals surface area (Å²) in [6.07, 6.45) is 0.625. The normalized spacial score (nSPS) is 10.6. The van der Waals surface area contributed by atoms with Crippen LogP contribution in [0.2, 0.25) is 0 Å². The summed E-state index contributed by atoms with van der Waals surface area (Å²) in [5.41, 5.74) is -2.18. The van der Waals surface area contributed by atoms with Crippen molar-refractivity contribution in [3.63, 3.8) is 0 Å². The molecule has 0 fully saturated rings. The maximum Gasteiger partial charge on any atom is 0.340 e. The van der Waals surface area contributed by atoms with E-state index >= 15 is 0 Å². The molecule has 0 bridgehead atoms. The summed E-state index contributed by atoms with van der Waals surface area (Å²) in [5.74, 6) is -6.41. The van der Waals surface area contributed by atoms with Crippen LogP contribution in [0.3, 0.4) is 0 Å². The standard InChI is InChI=1S/C26H29NO10/c1-4-9-17(28)20-22(26(33)36-14-15-12-7-8-13-16(15)27(34)35)21(18(29)10-5-2)25(24(32)23(20)31)37-19(30)11-6-3/h7-8,12-13,31-32H,4-6,9-11,14H2,1-3H3. The predicted molar refractivity (Wildman–Crippen MR) is 131 cm³/mol. The van der Waals surface area contributed by atoms with Gasteiger partial charge in [0.1, 0.15) is 6.61 Å². The molecule has 0 unspecified atom stereocenters. The highest BCUT2D eigenvalue weighted by atomic mass is 16.6. The van der Waals surface area contributed by atoms with Crippen LogP contribution < -0.4 is 4.74 Å². The lowest BCUT2D eigenvalue weighted by Gasteiger charge is -2.19. The van der Waals surface area contributed by atoms with Crippen LogP contribution in [-0.2, 0) is 16.1 Å². The van der Waals surface area contributed by atoms with Gasteiger partial charge in [-0.25, -0.2) is 4.79 Å². The fourth-order valence-corrected chi connectivity index (χ4v) is 3.64. The quantitative estimate of drug-likeness (QED) is 0.0920. The van der Waals surface area contributed by atoms with Gasteiger partial charge in [-0.3, -0.25) is 24.5 Å². The number of nitro groups is 1. The number of phenolic OH excluding ortho intramolecular Hbond substituents is 2. The number of nitro benzene ring substituents is 1. The molecule has 0 aromatic heterocycles. The van der Waals surface area contributed by atoms with Crippen molar-refractivity contribution < 1.29 is 43.8 Å². The number of ketones is 2. The van der Waals surface area contributed by atoms with Crippen LogP contribution in [0.5, 0.6) is 17.2 Å². The number of carbonyl (C=O) groups is 4. The minimum atomic E-state index is -1.26. The largest absolute Gasteiger partial charge is 0.504 e. The van der Waals surface area contributed by atoms with E-state index in [9.17, 15) is 39.5 Å². The molecular weight excluding hydrogens is 486 g/mol. The summed E-state index contributed by atoms with van der Waals surface area (Å²) in [6.45, 7) is 4.45. The molecule has 0 aliphatic heterocycles. The molecule has 0 atom stereocenters. The van der Waals surface area contributed by atoms with Gasteiger partial charge in [0.15, 0.2) is 23.1 Å². The van der Waals surface area contributed by atoms with Crippen LogP contribution in [0.25, 0.3) is 0 Å². The maximum absolute atomic E-state index is 13.4. The molecule has 0 heterocycles. The highest BCUT2D eigenvalue weighted by molar-refractivity contribution is 6.17. The molecule has 2 N–H and O–H groups in total. The van der Waals surface area contributed by atoms with Gasteiger partial charge >= 0.3 is 11.9 Å². The van der Waals surface area contributed by atoms with Crippen molar-refractivity contribution in [2.75, 3.05) is 0 Å². The van der Waals surface area contributed by atoms with Gasteiger partial charge in [0, 0.05) is 25.3 Å². The topological polar surface area (TPSA) is 170 Å². The van der Waals surface area contributed by atoms with Crippen molar-refractivity contribution in [3.8, 4) is 17.2 Å². The molecule has 11 nitrogen and oxygen atoms in total. The lowest BCUT2D eigenvalue weighted by molar-refractivity contribution is -0.385. The number of Topliss-reactive ketones (excluding diaryl/α,β-unsaturated/α-hetero) is 2. The number of benzene rings is 2. The maximum atomic E-state index is 13.4. The van der Waals surface area contributed by atoms with E-state index in [1.54, 1.807) is 20.8 Å². The number of aromatic hydroxyl groups is 2. The Morgan fingerprint density at radius 2 is 1.41 bits per heavy atom. The second-order valence-corrected chi connectivity index (χ2v) is 8.18. The molecule has 2 aromatic carbocycles. The summed E-state index contributed by atoms with van der Waals surface area (Å²) in [5, 5.41) is 32.7. The number of hydrogen-bond acceptors (Lipinski definition) is 10. The van der Waals surface area contributed by atoms with E-state index in [0.717, 1.165) is 0 Å². The first-order chi connectivity index (χ1) is 17.6. The minimum Gasteiger partial charge on any atom is -0.504 e. The van der Waals surface area contributed by atoms with Crippen LogP contribution in [-0.4, -0.2) is 38.6 Å². The van der Waals surface area contributed by atoms with Gasteiger partial charge in [0.05, 0.1) is 27.2 Å². The van der Waals surface area contributed by atoms with E-state index < -0.39 is 69.0 Å². The molecule has 11 heteroatoms. The Morgan fingerprint density at radius 1 is 0.838 bits per heavy atom. The van der Waals surface area contributed by atoms with Crippen molar-refractivity contribution in [3.05, 3.63) is 56.6 Å². The molecule has 0 saturated heterocycles. The Bertz CT molecular complexity index is 1220. The molecule has 0 amide bonds. The second kappa shape index (κ2) is 13.1. The molecular formula is C26H29NO10. The van der Waals surface area contributed by atoms with E-state index in [2.05, 4.69) is 0 Å². The fraction of sp³-hybridized carbons (Fsp3) is 0.385.